The molecule has 0 aliphatic carbocycles. The molecule has 0 saturated heterocycles. The van der Waals surface area contributed by atoms with Crippen LogP contribution in [0.3, 0.4) is 0 Å². The lowest BCUT2D eigenvalue weighted by Gasteiger charge is -2.16. The molecule has 0 bridgehead atoms. The third-order valence-corrected chi connectivity index (χ3v) is 4.40. The fourth-order valence-corrected chi connectivity index (χ4v) is 2.98. The van der Waals surface area contributed by atoms with Crippen molar-refractivity contribution in [3.63, 3.8) is 0 Å². The number of carbonyl (C=O) groups is 1. The van der Waals surface area contributed by atoms with Crippen molar-refractivity contribution in [2.75, 3.05) is 12.0 Å². The van der Waals surface area contributed by atoms with Gasteiger partial charge >= 0.3 is 0 Å². The molecule has 0 fully saturated rings. The molecule has 5 nitrogen and oxygen atoms in total. The highest BCUT2D eigenvalue weighted by Gasteiger charge is 2.20. The number of aryl methyl sites for hydroxylation is 1. The summed E-state index contributed by atoms with van der Waals surface area (Å²) in [6.45, 7) is 1.78. The highest BCUT2D eigenvalue weighted by molar-refractivity contribution is 7.98. The monoisotopic (exact) mass is 329 g/mol. The van der Waals surface area contributed by atoms with Gasteiger partial charge in [-0.1, -0.05) is 12.1 Å². The molecule has 0 aliphatic heterocycles. The summed E-state index contributed by atoms with van der Waals surface area (Å²) >= 11 is 1.75. The highest BCUT2D eigenvalue weighted by atomic mass is 32.2. The summed E-state index contributed by atoms with van der Waals surface area (Å²) in [6.07, 6.45) is 4.39. The summed E-state index contributed by atoms with van der Waals surface area (Å²) in [5.74, 6) is 2.21. The second kappa shape index (κ2) is 6.91. The molecular weight excluding hydrogens is 310 g/mol. The zero-order valence-electron chi connectivity index (χ0n) is 13.1. The number of rotatable bonds is 6. The lowest BCUT2D eigenvalue weighted by atomic mass is 10.2. The van der Waals surface area contributed by atoms with Gasteiger partial charge in [0.05, 0.1) is 28.9 Å². The Morgan fingerprint density at radius 2 is 2.22 bits per heavy atom. The fraction of sp³-hybridized carbons (Fsp3) is 0.294. The van der Waals surface area contributed by atoms with E-state index in [0.29, 0.717) is 11.3 Å². The molecule has 23 heavy (non-hydrogen) atoms. The molecule has 6 heteroatoms. The molecule has 1 amide bonds. The molecule has 0 radical (unpaired) electrons. The number of fused-ring (bicyclic) bond motifs is 1. The Hall–Kier alpha value is -2.21. The van der Waals surface area contributed by atoms with Crippen LogP contribution in [-0.4, -0.2) is 27.9 Å². The Balaban J connectivity index is 1.85. The van der Waals surface area contributed by atoms with Crippen LogP contribution in [0.2, 0.25) is 0 Å². The van der Waals surface area contributed by atoms with Gasteiger partial charge in [-0.25, -0.2) is 4.98 Å². The van der Waals surface area contributed by atoms with Gasteiger partial charge in [-0.15, -0.1) is 0 Å². The first-order valence-corrected chi connectivity index (χ1v) is 8.87. The summed E-state index contributed by atoms with van der Waals surface area (Å²) in [5, 5.41) is 3.07. The van der Waals surface area contributed by atoms with Gasteiger partial charge in [-0.2, -0.15) is 11.8 Å². The number of aromatic nitrogens is 2. The minimum absolute atomic E-state index is 0.136. The van der Waals surface area contributed by atoms with Gasteiger partial charge in [0, 0.05) is 0 Å². The SMILES string of the molecule is CSCC[C@H](NC(=O)c1ccoc1C)c1nc2ccccc2[nH]1. The molecule has 2 heterocycles. The maximum Gasteiger partial charge on any atom is 0.255 e. The average Bonchev–Trinajstić information content (AvgIpc) is 3.16. The quantitative estimate of drug-likeness (QED) is 0.723. The van der Waals surface area contributed by atoms with Crippen LogP contribution in [0.25, 0.3) is 11.0 Å². The van der Waals surface area contributed by atoms with Crippen molar-refractivity contribution in [3.05, 3.63) is 53.7 Å². The molecule has 0 unspecified atom stereocenters. The number of aromatic amines is 1. The van der Waals surface area contributed by atoms with Crippen LogP contribution < -0.4 is 5.32 Å². The number of hydrogen-bond acceptors (Lipinski definition) is 4. The van der Waals surface area contributed by atoms with Crippen LogP contribution in [0.1, 0.15) is 34.4 Å². The van der Waals surface area contributed by atoms with Crippen molar-refractivity contribution in [1.82, 2.24) is 15.3 Å². The Morgan fingerprint density at radius 3 is 2.91 bits per heavy atom. The van der Waals surface area contributed by atoms with E-state index in [-0.39, 0.29) is 11.9 Å². The number of nitrogens with one attached hydrogen (secondary N) is 2. The van der Waals surface area contributed by atoms with Crippen molar-refractivity contribution in [2.45, 2.75) is 19.4 Å². The first-order chi connectivity index (χ1) is 11.2. The smallest absolute Gasteiger partial charge is 0.255 e. The third-order valence-electron chi connectivity index (χ3n) is 3.76. The Kier molecular flexibility index (Phi) is 4.71. The number of H-pyrrole nitrogens is 1. The maximum atomic E-state index is 12.5. The first kappa shape index (κ1) is 15.7. The average molecular weight is 329 g/mol. The lowest BCUT2D eigenvalue weighted by molar-refractivity contribution is 0.0932. The standard InChI is InChI=1S/C17H19N3O2S/c1-11-12(7-9-22-11)17(21)20-15(8-10-23-2)16-18-13-5-3-4-6-14(13)19-16/h3-7,9,15H,8,10H2,1-2H3,(H,18,19)(H,20,21)/t15-/m0/s1. The van der Waals surface area contributed by atoms with Crippen LogP contribution in [0.4, 0.5) is 0 Å². The molecule has 2 aromatic heterocycles. The van der Waals surface area contributed by atoms with Crippen LogP contribution in [0.15, 0.2) is 41.0 Å². The van der Waals surface area contributed by atoms with Gasteiger partial charge in [0.15, 0.2) is 0 Å². The fourth-order valence-electron chi connectivity index (χ4n) is 2.51. The van der Waals surface area contributed by atoms with Crippen molar-refractivity contribution in [2.24, 2.45) is 0 Å². The van der Waals surface area contributed by atoms with Crippen molar-refractivity contribution < 1.29 is 9.21 Å². The van der Waals surface area contributed by atoms with E-state index in [2.05, 4.69) is 21.5 Å². The molecule has 2 N–H and O–H groups in total. The third kappa shape index (κ3) is 3.42. The number of furan rings is 1. The molecule has 0 saturated carbocycles. The minimum atomic E-state index is -0.156. The largest absolute Gasteiger partial charge is 0.469 e. The number of thioether (sulfide) groups is 1. The topological polar surface area (TPSA) is 70.9 Å². The summed E-state index contributed by atoms with van der Waals surface area (Å²) in [5.41, 5.74) is 2.45. The Morgan fingerprint density at radius 1 is 1.39 bits per heavy atom. The first-order valence-electron chi connectivity index (χ1n) is 7.47. The number of nitrogens with zero attached hydrogens (tertiary/aromatic N) is 1. The number of carbonyl (C=O) groups excluding carboxylic acids is 1. The van der Waals surface area contributed by atoms with Crippen LogP contribution in [0, 0.1) is 6.92 Å². The van der Waals surface area contributed by atoms with Crippen molar-refractivity contribution in [1.29, 1.82) is 0 Å². The molecule has 1 atom stereocenters. The van der Waals surface area contributed by atoms with E-state index in [9.17, 15) is 4.79 Å². The highest BCUT2D eigenvalue weighted by Crippen LogP contribution is 2.21. The van der Waals surface area contributed by atoms with E-state index in [1.54, 1.807) is 24.8 Å². The summed E-state index contributed by atoms with van der Waals surface area (Å²) in [7, 11) is 0. The summed E-state index contributed by atoms with van der Waals surface area (Å²) in [4.78, 5) is 20.4. The van der Waals surface area contributed by atoms with Gasteiger partial charge in [-0.05, 0) is 43.6 Å². The van der Waals surface area contributed by atoms with Gasteiger partial charge in [0.25, 0.3) is 5.91 Å². The predicted molar refractivity (Wildman–Crippen MR) is 92.7 cm³/mol. The Labute approximate surface area is 138 Å². The number of amides is 1. The van der Waals surface area contributed by atoms with Crippen LogP contribution in [0.5, 0.6) is 0 Å². The van der Waals surface area contributed by atoms with Gasteiger partial charge < -0.3 is 14.7 Å². The lowest BCUT2D eigenvalue weighted by Crippen LogP contribution is -2.30. The van der Waals surface area contributed by atoms with E-state index in [4.69, 9.17) is 4.42 Å². The normalized spacial score (nSPS) is 12.4. The number of hydrogen-bond donors (Lipinski definition) is 2. The van der Waals surface area contributed by atoms with Gasteiger partial charge in [-0.3, -0.25) is 4.79 Å². The molecule has 0 aliphatic rings. The maximum absolute atomic E-state index is 12.5. The zero-order valence-corrected chi connectivity index (χ0v) is 13.9. The zero-order chi connectivity index (χ0) is 16.2. The van der Waals surface area contributed by atoms with Gasteiger partial charge in [0.2, 0.25) is 0 Å². The predicted octanol–water partition coefficient (Wildman–Crippen LogP) is 3.69. The van der Waals surface area contributed by atoms with E-state index >= 15 is 0 Å². The Bertz CT molecular complexity index is 776. The second-order valence-electron chi connectivity index (χ2n) is 5.34. The number of imidazole rings is 1. The van der Waals surface area contributed by atoms with Crippen LogP contribution >= 0.6 is 11.8 Å². The molecule has 1 aromatic carbocycles. The molecular formula is C17H19N3O2S. The molecule has 0 spiro atoms. The van der Waals surface area contributed by atoms with E-state index in [1.807, 2.05) is 24.3 Å². The van der Waals surface area contributed by atoms with Crippen molar-refractivity contribution in [3.8, 4) is 0 Å². The number of benzene rings is 1. The molecule has 120 valence electrons. The minimum Gasteiger partial charge on any atom is -0.469 e. The van der Waals surface area contributed by atoms with E-state index in [1.165, 1.54) is 6.26 Å². The second-order valence-corrected chi connectivity index (χ2v) is 6.32. The van der Waals surface area contributed by atoms with Gasteiger partial charge in [0.1, 0.15) is 11.6 Å². The van der Waals surface area contributed by atoms with E-state index in [0.717, 1.165) is 29.0 Å². The van der Waals surface area contributed by atoms with Crippen LogP contribution in [-0.2, 0) is 0 Å². The van der Waals surface area contributed by atoms with Crippen molar-refractivity contribution >= 4 is 28.7 Å². The summed E-state index contributed by atoms with van der Waals surface area (Å²) < 4.78 is 5.21. The number of para-hydroxylation sites is 2. The molecule has 3 rings (SSSR count). The van der Waals surface area contributed by atoms with E-state index < -0.39 is 0 Å². The summed E-state index contributed by atoms with van der Waals surface area (Å²) in [6, 6.07) is 9.40. The molecule has 3 aromatic rings.